The molecule has 0 radical (unpaired) electrons. The summed E-state index contributed by atoms with van der Waals surface area (Å²) in [6, 6.07) is 12.5. The standard InChI is InChI=1S/C24H25ClN2O3S2/c25-20-4-2-1-3-18(20)14-27-21-6-5-19(10-22(21)31-23(27)28)32(29,30)26-24-11-15-7-16(12-24)9-17(8-15)13-24/h1-6,10,15-17,26H,7-9,11-14H2. The number of sulfonamides is 1. The van der Waals surface area contributed by atoms with Gasteiger partial charge >= 0.3 is 4.87 Å². The van der Waals surface area contributed by atoms with E-state index in [1.807, 2.05) is 18.2 Å². The molecule has 0 atom stereocenters. The Morgan fingerprint density at radius 3 is 2.34 bits per heavy atom. The summed E-state index contributed by atoms with van der Waals surface area (Å²) in [6.07, 6.45) is 6.67. The lowest BCUT2D eigenvalue weighted by Gasteiger charge is -2.56. The predicted molar refractivity (Wildman–Crippen MR) is 128 cm³/mol. The van der Waals surface area contributed by atoms with Crippen molar-refractivity contribution < 1.29 is 8.42 Å². The SMILES string of the molecule is O=c1sc2cc(S(=O)(=O)NC34CC5CC(CC(C5)C3)C4)ccc2n1Cc1ccccc1Cl. The normalized spacial score (nSPS) is 29.1. The van der Waals surface area contributed by atoms with Gasteiger partial charge in [-0.1, -0.05) is 41.1 Å². The van der Waals surface area contributed by atoms with Gasteiger partial charge in [-0.25, -0.2) is 13.1 Å². The average molecular weight is 489 g/mol. The van der Waals surface area contributed by atoms with E-state index in [0.717, 1.165) is 41.7 Å². The number of halogens is 1. The number of benzene rings is 2. The van der Waals surface area contributed by atoms with Gasteiger partial charge in [-0.05, 0) is 86.1 Å². The van der Waals surface area contributed by atoms with Crippen LogP contribution in [0.25, 0.3) is 10.2 Å². The molecular weight excluding hydrogens is 464 g/mol. The monoisotopic (exact) mass is 488 g/mol. The number of thiazole rings is 1. The summed E-state index contributed by atoms with van der Waals surface area (Å²) in [7, 11) is -3.66. The Bertz CT molecular complexity index is 1340. The molecule has 4 saturated carbocycles. The Labute approximate surface area is 196 Å². The second-order valence-corrected chi connectivity index (χ2v) is 13.1. The van der Waals surface area contributed by atoms with E-state index in [2.05, 4.69) is 4.72 Å². The van der Waals surface area contributed by atoms with Crippen LogP contribution in [0.4, 0.5) is 0 Å². The minimum atomic E-state index is -3.66. The molecule has 0 saturated heterocycles. The summed E-state index contributed by atoms with van der Waals surface area (Å²) >= 11 is 7.35. The van der Waals surface area contributed by atoms with E-state index in [-0.39, 0.29) is 15.3 Å². The molecule has 4 fully saturated rings. The summed E-state index contributed by atoms with van der Waals surface area (Å²) in [4.78, 5) is 12.8. The number of nitrogens with one attached hydrogen (secondary N) is 1. The van der Waals surface area contributed by atoms with Gasteiger partial charge < -0.3 is 0 Å². The molecule has 2 aromatic carbocycles. The van der Waals surface area contributed by atoms with Crippen molar-refractivity contribution in [3.63, 3.8) is 0 Å². The predicted octanol–water partition coefficient (Wildman–Crippen LogP) is 5.01. The molecule has 0 aliphatic heterocycles. The Morgan fingerprint density at radius 2 is 1.69 bits per heavy atom. The van der Waals surface area contributed by atoms with E-state index in [4.69, 9.17) is 11.6 Å². The van der Waals surface area contributed by atoms with Crippen LogP contribution in [0.5, 0.6) is 0 Å². The van der Waals surface area contributed by atoms with E-state index in [1.54, 1.807) is 28.8 Å². The molecule has 1 aromatic heterocycles. The summed E-state index contributed by atoms with van der Waals surface area (Å²) in [5.41, 5.74) is 1.30. The molecule has 0 unspecified atom stereocenters. The Balaban J connectivity index is 1.31. The van der Waals surface area contributed by atoms with Gasteiger partial charge in [0.05, 0.1) is 21.7 Å². The molecule has 1 N–H and O–H groups in total. The van der Waals surface area contributed by atoms with Crippen molar-refractivity contribution in [2.75, 3.05) is 0 Å². The first kappa shape index (κ1) is 20.9. The third-order valence-corrected chi connectivity index (χ3v) is 10.5. The maximum Gasteiger partial charge on any atom is 0.308 e. The van der Waals surface area contributed by atoms with Crippen LogP contribution in [0.15, 0.2) is 52.2 Å². The maximum atomic E-state index is 13.4. The lowest BCUT2D eigenvalue weighted by atomic mass is 9.53. The van der Waals surface area contributed by atoms with Crippen LogP contribution in [-0.4, -0.2) is 18.5 Å². The molecule has 8 heteroatoms. The van der Waals surface area contributed by atoms with Gasteiger partial charge in [0.25, 0.3) is 0 Å². The second kappa shape index (κ2) is 7.42. The molecule has 4 aliphatic carbocycles. The molecule has 7 rings (SSSR count). The summed E-state index contributed by atoms with van der Waals surface area (Å²) in [5, 5.41) is 0.609. The summed E-state index contributed by atoms with van der Waals surface area (Å²) < 4.78 is 32.2. The minimum absolute atomic E-state index is 0.122. The number of hydrogen-bond acceptors (Lipinski definition) is 4. The van der Waals surface area contributed by atoms with Gasteiger partial charge in [0, 0.05) is 10.6 Å². The van der Waals surface area contributed by atoms with Crippen LogP contribution < -0.4 is 9.60 Å². The van der Waals surface area contributed by atoms with Gasteiger partial charge in [-0.2, -0.15) is 0 Å². The van der Waals surface area contributed by atoms with Crippen molar-refractivity contribution in [2.45, 2.75) is 55.5 Å². The Kier molecular flexibility index (Phi) is 4.85. The fourth-order valence-corrected chi connectivity index (χ4v) is 9.40. The van der Waals surface area contributed by atoms with Crippen molar-refractivity contribution in [2.24, 2.45) is 17.8 Å². The van der Waals surface area contributed by atoms with Crippen molar-refractivity contribution in [1.82, 2.24) is 9.29 Å². The van der Waals surface area contributed by atoms with Gasteiger partial charge in [0.2, 0.25) is 10.0 Å². The smallest absolute Gasteiger partial charge is 0.294 e. The van der Waals surface area contributed by atoms with E-state index in [0.29, 0.717) is 34.0 Å². The second-order valence-electron chi connectivity index (χ2n) is 9.98. The molecule has 5 nitrogen and oxygen atoms in total. The highest BCUT2D eigenvalue weighted by Gasteiger charge is 2.52. The van der Waals surface area contributed by atoms with Gasteiger partial charge in [0.15, 0.2) is 0 Å². The first-order valence-electron chi connectivity index (χ1n) is 11.2. The van der Waals surface area contributed by atoms with Crippen molar-refractivity contribution in [3.8, 4) is 0 Å². The van der Waals surface area contributed by atoms with E-state index in [9.17, 15) is 13.2 Å². The topological polar surface area (TPSA) is 68.2 Å². The molecule has 4 bridgehead atoms. The van der Waals surface area contributed by atoms with Gasteiger partial charge in [-0.15, -0.1) is 0 Å². The first-order valence-corrected chi connectivity index (χ1v) is 13.9. The number of rotatable bonds is 5. The van der Waals surface area contributed by atoms with E-state index in [1.165, 1.54) is 19.3 Å². The largest absolute Gasteiger partial charge is 0.308 e. The average Bonchev–Trinajstić information content (AvgIpc) is 3.02. The molecule has 168 valence electrons. The van der Waals surface area contributed by atoms with Crippen LogP contribution in [0.3, 0.4) is 0 Å². The minimum Gasteiger partial charge on any atom is -0.294 e. The molecule has 32 heavy (non-hydrogen) atoms. The molecule has 3 aromatic rings. The van der Waals surface area contributed by atoms with Crippen molar-refractivity contribution in [3.05, 3.63) is 62.7 Å². The number of fused-ring (bicyclic) bond motifs is 1. The number of nitrogens with zero attached hydrogens (tertiary/aromatic N) is 1. The van der Waals surface area contributed by atoms with Gasteiger partial charge in [-0.3, -0.25) is 9.36 Å². The third-order valence-electron chi connectivity index (χ3n) is 7.63. The summed E-state index contributed by atoms with van der Waals surface area (Å²) in [6.45, 7) is 0.357. The van der Waals surface area contributed by atoms with Crippen LogP contribution in [-0.2, 0) is 16.6 Å². The molecule has 4 aliphatic rings. The highest BCUT2D eigenvalue weighted by molar-refractivity contribution is 7.89. The first-order chi connectivity index (χ1) is 15.3. The zero-order valence-corrected chi connectivity index (χ0v) is 20.0. The van der Waals surface area contributed by atoms with Crippen LogP contribution >= 0.6 is 22.9 Å². The quantitative estimate of drug-likeness (QED) is 0.548. The highest BCUT2D eigenvalue weighted by Crippen LogP contribution is 2.56. The zero-order chi connectivity index (χ0) is 22.1. The lowest BCUT2D eigenvalue weighted by Crippen LogP contribution is -2.59. The summed E-state index contributed by atoms with van der Waals surface area (Å²) in [5.74, 6) is 1.99. The van der Waals surface area contributed by atoms with Gasteiger partial charge in [0.1, 0.15) is 0 Å². The van der Waals surface area contributed by atoms with Crippen molar-refractivity contribution >= 4 is 43.2 Å². The molecule has 0 amide bonds. The van der Waals surface area contributed by atoms with Crippen LogP contribution in [0.2, 0.25) is 5.02 Å². The fraction of sp³-hybridized carbons (Fsp3) is 0.458. The van der Waals surface area contributed by atoms with Crippen LogP contribution in [0.1, 0.15) is 44.1 Å². The highest BCUT2D eigenvalue weighted by atomic mass is 35.5. The third kappa shape index (κ3) is 3.54. The zero-order valence-electron chi connectivity index (χ0n) is 17.6. The lowest BCUT2D eigenvalue weighted by molar-refractivity contribution is -0.00810. The molecule has 1 heterocycles. The maximum absolute atomic E-state index is 13.4. The Morgan fingerprint density at radius 1 is 1.03 bits per heavy atom. The fourth-order valence-electron chi connectivity index (χ4n) is 6.74. The van der Waals surface area contributed by atoms with E-state index < -0.39 is 10.0 Å². The number of hydrogen-bond donors (Lipinski definition) is 1. The van der Waals surface area contributed by atoms with Crippen molar-refractivity contribution in [1.29, 1.82) is 0 Å². The molecule has 0 spiro atoms. The Hall–Kier alpha value is -1.67. The molecular formula is C24H25ClN2O3S2. The number of aromatic nitrogens is 1. The van der Waals surface area contributed by atoms with Crippen LogP contribution in [0, 0.1) is 17.8 Å². The van der Waals surface area contributed by atoms with E-state index >= 15 is 0 Å².